The number of nitrogens with zero attached hydrogens (tertiary/aromatic N) is 2. The van der Waals surface area contributed by atoms with Gasteiger partial charge in [-0.05, 0) is 19.1 Å². The number of hydrogen-bond donors (Lipinski definition) is 1. The zero-order valence-corrected chi connectivity index (χ0v) is 10.1. The SMILES string of the molecule is CCOc1nncc2c1Nc1ccccc1S2. The fourth-order valence-electron chi connectivity index (χ4n) is 1.70. The maximum Gasteiger partial charge on any atom is 0.258 e. The lowest BCUT2D eigenvalue weighted by molar-refractivity contribution is 0.323. The maximum absolute atomic E-state index is 5.47. The summed E-state index contributed by atoms with van der Waals surface area (Å²) in [6.45, 7) is 2.52. The number of hydrogen-bond acceptors (Lipinski definition) is 5. The largest absolute Gasteiger partial charge is 0.475 e. The normalized spacial score (nSPS) is 12.3. The van der Waals surface area contributed by atoms with E-state index in [-0.39, 0.29) is 0 Å². The van der Waals surface area contributed by atoms with Crippen LogP contribution in [0.4, 0.5) is 11.4 Å². The second-order valence-corrected chi connectivity index (χ2v) is 4.63. The Kier molecular flexibility index (Phi) is 2.60. The van der Waals surface area contributed by atoms with Crippen LogP contribution < -0.4 is 10.1 Å². The first-order chi connectivity index (χ1) is 8.38. The van der Waals surface area contributed by atoms with E-state index in [4.69, 9.17) is 4.74 Å². The molecule has 17 heavy (non-hydrogen) atoms. The molecule has 1 aliphatic rings. The second kappa shape index (κ2) is 4.25. The number of rotatable bonds is 2. The first kappa shape index (κ1) is 10.4. The van der Waals surface area contributed by atoms with Gasteiger partial charge in [0.1, 0.15) is 5.69 Å². The molecule has 0 fully saturated rings. The molecule has 0 amide bonds. The van der Waals surface area contributed by atoms with Crippen molar-refractivity contribution in [3.63, 3.8) is 0 Å². The van der Waals surface area contributed by atoms with Crippen LogP contribution in [0.25, 0.3) is 0 Å². The van der Waals surface area contributed by atoms with Crippen LogP contribution in [-0.4, -0.2) is 16.8 Å². The van der Waals surface area contributed by atoms with Gasteiger partial charge in [0.05, 0.1) is 23.4 Å². The summed E-state index contributed by atoms with van der Waals surface area (Å²) in [6, 6.07) is 8.15. The van der Waals surface area contributed by atoms with Gasteiger partial charge in [0, 0.05) is 4.90 Å². The zero-order valence-electron chi connectivity index (χ0n) is 9.30. The Morgan fingerprint density at radius 2 is 2.18 bits per heavy atom. The standard InChI is InChI=1S/C12H11N3OS/c1-2-16-12-11-10(7-13-15-12)17-9-6-4-3-5-8(9)14-11/h3-7,14H,2H2,1H3. The molecule has 5 heteroatoms. The molecule has 86 valence electrons. The summed E-state index contributed by atoms with van der Waals surface area (Å²) in [6.07, 6.45) is 1.76. The molecule has 0 aliphatic carbocycles. The minimum Gasteiger partial charge on any atom is -0.475 e. The average molecular weight is 245 g/mol. The summed E-state index contributed by atoms with van der Waals surface area (Å²) in [5, 5.41) is 11.3. The quantitative estimate of drug-likeness (QED) is 0.751. The van der Waals surface area contributed by atoms with Gasteiger partial charge in [0.15, 0.2) is 0 Å². The van der Waals surface area contributed by atoms with Crippen molar-refractivity contribution in [1.82, 2.24) is 10.2 Å². The third-order valence-corrected chi connectivity index (χ3v) is 3.54. The van der Waals surface area contributed by atoms with Crippen LogP contribution in [0, 0.1) is 0 Å². The molecule has 0 unspecified atom stereocenters. The topological polar surface area (TPSA) is 47.0 Å². The number of nitrogens with one attached hydrogen (secondary N) is 1. The highest BCUT2D eigenvalue weighted by Gasteiger charge is 2.20. The van der Waals surface area contributed by atoms with Crippen LogP contribution in [0.15, 0.2) is 40.3 Å². The summed E-state index contributed by atoms with van der Waals surface area (Å²) < 4.78 is 5.47. The predicted octanol–water partition coefficient (Wildman–Crippen LogP) is 3.08. The molecule has 1 N–H and O–H groups in total. The lowest BCUT2D eigenvalue weighted by Gasteiger charge is -2.21. The van der Waals surface area contributed by atoms with E-state index in [9.17, 15) is 0 Å². The van der Waals surface area contributed by atoms with Gasteiger partial charge in [0.2, 0.25) is 0 Å². The number of aromatic nitrogens is 2. The van der Waals surface area contributed by atoms with E-state index in [2.05, 4.69) is 21.6 Å². The van der Waals surface area contributed by atoms with Crippen molar-refractivity contribution >= 4 is 23.1 Å². The number of para-hydroxylation sites is 1. The third kappa shape index (κ3) is 1.82. The molecule has 0 spiro atoms. The van der Waals surface area contributed by atoms with Crippen molar-refractivity contribution in [2.45, 2.75) is 16.7 Å². The summed E-state index contributed by atoms with van der Waals surface area (Å²) in [7, 11) is 0. The molecule has 0 bridgehead atoms. The number of fused-ring (bicyclic) bond motifs is 2. The average Bonchev–Trinajstić information content (AvgIpc) is 2.37. The van der Waals surface area contributed by atoms with E-state index in [1.54, 1.807) is 18.0 Å². The van der Waals surface area contributed by atoms with E-state index in [0.717, 1.165) is 16.3 Å². The zero-order chi connectivity index (χ0) is 11.7. The molecular formula is C12H11N3OS. The molecular weight excluding hydrogens is 234 g/mol. The van der Waals surface area contributed by atoms with E-state index >= 15 is 0 Å². The monoisotopic (exact) mass is 245 g/mol. The Labute approximate surface area is 103 Å². The van der Waals surface area contributed by atoms with Gasteiger partial charge in [-0.15, -0.1) is 5.10 Å². The van der Waals surface area contributed by atoms with Crippen molar-refractivity contribution in [2.24, 2.45) is 0 Å². The van der Waals surface area contributed by atoms with Crippen LogP contribution in [0.2, 0.25) is 0 Å². The highest BCUT2D eigenvalue weighted by molar-refractivity contribution is 7.99. The molecule has 2 aromatic rings. The van der Waals surface area contributed by atoms with Gasteiger partial charge in [-0.3, -0.25) is 0 Å². The van der Waals surface area contributed by atoms with Gasteiger partial charge < -0.3 is 10.1 Å². The Bertz CT molecular complexity index is 559. The lowest BCUT2D eigenvalue weighted by Crippen LogP contribution is -2.06. The Morgan fingerprint density at radius 1 is 1.29 bits per heavy atom. The van der Waals surface area contributed by atoms with E-state index < -0.39 is 0 Å². The smallest absolute Gasteiger partial charge is 0.258 e. The van der Waals surface area contributed by atoms with Crippen molar-refractivity contribution in [1.29, 1.82) is 0 Å². The van der Waals surface area contributed by atoms with Crippen LogP contribution >= 0.6 is 11.8 Å². The molecule has 0 saturated carbocycles. The Hall–Kier alpha value is -1.75. The fourth-order valence-corrected chi connectivity index (χ4v) is 2.65. The highest BCUT2D eigenvalue weighted by atomic mass is 32.2. The minimum atomic E-state index is 0.562. The summed E-state index contributed by atoms with van der Waals surface area (Å²) in [5.41, 5.74) is 1.99. The number of benzene rings is 1. The molecule has 1 aromatic heterocycles. The maximum atomic E-state index is 5.47. The van der Waals surface area contributed by atoms with Gasteiger partial charge >= 0.3 is 0 Å². The highest BCUT2D eigenvalue weighted by Crippen LogP contribution is 2.46. The van der Waals surface area contributed by atoms with E-state index in [0.29, 0.717) is 12.5 Å². The fraction of sp³-hybridized carbons (Fsp3) is 0.167. The van der Waals surface area contributed by atoms with Crippen molar-refractivity contribution in [3.05, 3.63) is 30.5 Å². The molecule has 1 aliphatic heterocycles. The molecule has 1 aromatic carbocycles. The van der Waals surface area contributed by atoms with Crippen LogP contribution in [0.5, 0.6) is 5.88 Å². The first-order valence-corrected chi connectivity index (χ1v) is 6.22. The van der Waals surface area contributed by atoms with Gasteiger partial charge in [0.25, 0.3) is 5.88 Å². The molecule has 4 nitrogen and oxygen atoms in total. The van der Waals surface area contributed by atoms with Crippen LogP contribution in [0.3, 0.4) is 0 Å². The van der Waals surface area contributed by atoms with Gasteiger partial charge in [-0.1, -0.05) is 23.9 Å². The predicted molar refractivity (Wildman–Crippen MR) is 67.0 cm³/mol. The van der Waals surface area contributed by atoms with Crippen LogP contribution in [-0.2, 0) is 0 Å². The third-order valence-electron chi connectivity index (χ3n) is 2.43. The summed E-state index contributed by atoms with van der Waals surface area (Å²) >= 11 is 1.68. The van der Waals surface area contributed by atoms with Crippen molar-refractivity contribution < 1.29 is 4.74 Å². The molecule has 0 radical (unpaired) electrons. The van der Waals surface area contributed by atoms with Crippen LogP contribution in [0.1, 0.15) is 6.92 Å². The van der Waals surface area contributed by atoms with E-state index in [1.807, 2.05) is 25.1 Å². The summed E-state index contributed by atoms with van der Waals surface area (Å²) in [5.74, 6) is 0.562. The summed E-state index contributed by atoms with van der Waals surface area (Å²) in [4.78, 5) is 2.23. The number of ether oxygens (including phenoxy) is 1. The molecule has 0 saturated heterocycles. The van der Waals surface area contributed by atoms with Gasteiger partial charge in [-0.2, -0.15) is 5.10 Å². The van der Waals surface area contributed by atoms with Crippen molar-refractivity contribution in [2.75, 3.05) is 11.9 Å². The van der Waals surface area contributed by atoms with Crippen molar-refractivity contribution in [3.8, 4) is 5.88 Å². The lowest BCUT2D eigenvalue weighted by atomic mass is 10.3. The van der Waals surface area contributed by atoms with Gasteiger partial charge in [-0.25, -0.2) is 0 Å². The minimum absolute atomic E-state index is 0.562. The first-order valence-electron chi connectivity index (χ1n) is 5.41. The molecule has 3 rings (SSSR count). The van der Waals surface area contributed by atoms with E-state index in [1.165, 1.54) is 4.90 Å². The molecule has 0 atom stereocenters. The Balaban J connectivity index is 2.05. The Morgan fingerprint density at radius 3 is 3.06 bits per heavy atom. The number of anilines is 2. The molecule has 2 heterocycles. The second-order valence-electron chi connectivity index (χ2n) is 3.55.